The van der Waals surface area contributed by atoms with Crippen molar-refractivity contribution in [3.8, 4) is 5.75 Å². The lowest BCUT2D eigenvalue weighted by Gasteiger charge is -2.49. The fourth-order valence-electron chi connectivity index (χ4n) is 6.71. The maximum Gasteiger partial charge on any atom is 0.262 e. The number of aryl methyl sites for hydroxylation is 1. The van der Waals surface area contributed by atoms with Gasteiger partial charge in [0.25, 0.3) is 5.91 Å². The third-order valence-corrected chi connectivity index (χ3v) is 8.92. The third kappa shape index (κ3) is 5.92. The lowest BCUT2D eigenvalue weighted by atomic mass is 9.63. The van der Waals surface area contributed by atoms with Crippen LogP contribution in [0.4, 0.5) is 5.69 Å². The highest BCUT2D eigenvalue weighted by Crippen LogP contribution is 2.55. The summed E-state index contributed by atoms with van der Waals surface area (Å²) < 4.78 is 6.14. The van der Waals surface area contributed by atoms with Crippen LogP contribution in [0.3, 0.4) is 0 Å². The Bertz CT molecular complexity index is 1460. The Morgan fingerprint density at radius 3 is 2.12 bits per heavy atom. The second-order valence-corrected chi connectivity index (χ2v) is 13.9. The Kier molecular flexibility index (Phi) is 8.14. The highest BCUT2D eigenvalue weighted by atomic mass is 35.5. The van der Waals surface area contributed by atoms with Crippen LogP contribution in [0.1, 0.15) is 83.8 Å². The molecule has 7 heteroatoms. The molecule has 2 aromatic carbocycles. The van der Waals surface area contributed by atoms with E-state index in [-0.39, 0.29) is 34.9 Å². The molecule has 6 nitrogen and oxygen atoms in total. The summed E-state index contributed by atoms with van der Waals surface area (Å²) in [5, 5.41) is 3.41. The molecule has 0 saturated heterocycles. The van der Waals surface area contributed by atoms with Crippen molar-refractivity contribution in [2.45, 2.75) is 79.6 Å². The number of carbonyl (C=O) groups is 3. The van der Waals surface area contributed by atoms with E-state index in [9.17, 15) is 14.4 Å². The molecule has 5 rings (SSSR count). The molecule has 2 aliphatic carbocycles. The molecule has 1 aliphatic heterocycles. The summed E-state index contributed by atoms with van der Waals surface area (Å²) in [5.74, 6) is -0.183. The highest BCUT2D eigenvalue weighted by molar-refractivity contribution is 6.31. The van der Waals surface area contributed by atoms with E-state index in [0.29, 0.717) is 40.4 Å². The van der Waals surface area contributed by atoms with Crippen LogP contribution in [0.25, 0.3) is 0 Å². The molecule has 0 aromatic heterocycles. The lowest BCUT2D eigenvalue weighted by Crippen LogP contribution is -2.44. The molecule has 222 valence electrons. The van der Waals surface area contributed by atoms with Crippen molar-refractivity contribution >= 4 is 34.8 Å². The van der Waals surface area contributed by atoms with E-state index < -0.39 is 5.92 Å². The minimum absolute atomic E-state index is 0.0836. The number of amides is 1. The molecule has 42 heavy (non-hydrogen) atoms. The molecule has 1 N–H and O–H groups in total. The SMILES string of the molecule is CCCN1C2=C(C(=O)CC(C)(C)C2)C(c2ccccc2OCC(=O)Nc2ccc(C)c(Cl)c2)C2=C1CC(C)(C)CC2=O. The number of ether oxygens (including phenoxy) is 1. The third-order valence-electron chi connectivity index (χ3n) is 8.51. The van der Waals surface area contributed by atoms with E-state index in [0.717, 1.165) is 48.3 Å². The first kappa shape index (κ1) is 30.1. The number of nitrogens with one attached hydrogen (secondary N) is 1. The summed E-state index contributed by atoms with van der Waals surface area (Å²) >= 11 is 6.23. The standard InChI is InChI=1S/C35H41ClN2O4/c1-7-14-38-25-16-34(3,4)18-27(39)32(25)31(33-26(38)17-35(5,6)19-28(33)40)23-10-8-9-11-29(23)42-20-30(41)37-22-13-12-21(2)24(36)15-22/h8-13,15,31H,7,14,16-20H2,1-6H3,(H,37,41). The molecular weight excluding hydrogens is 548 g/mol. The van der Waals surface area contributed by atoms with E-state index in [4.69, 9.17) is 16.3 Å². The smallest absolute Gasteiger partial charge is 0.262 e. The summed E-state index contributed by atoms with van der Waals surface area (Å²) in [4.78, 5) is 43.1. The van der Waals surface area contributed by atoms with Gasteiger partial charge < -0.3 is 15.0 Å². The van der Waals surface area contributed by atoms with Crippen molar-refractivity contribution < 1.29 is 19.1 Å². The van der Waals surface area contributed by atoms with Crippen LogP contribution in [0.5, 0.6) is 5.75 Å². The van der Waals surface area contributed by atoms with Gasteiger partial charge in [0.1, 0.15) is 5.75 Å². The fourth-order valence-corrected chi connectivity index (χ4v) is 6.89. The quantitative estimate of drug-likeness (QED) is 0.358. The highest BCUT2D eigenvalue weighted by Gasteiger charge is 2.49. The van der Waals surface area contributed by atoms with E-state index >= 15 is 0 Å². The van der Waals surface area contributed by atoms with Crippen LogP contribution >= 0.6 is 11.6 Å². The Hall–Kier alpha value is -3.38. The molecular formula is C35H41ClN2O4. The molecule has 2 aromatic rings. The van der Waals surface area contributed by atoms with Crippen molar-refractivity contribution in [3.63, 3.8) is 0 Å². The first-order chi connectivity index (χ1) is 19.8. The number of anilines is 1. The molecule has 0 unspecified atom stereocenters. The molecule has 0 bridgehead atoms. The van der Waals surface area contributed by atoms with Crippen LogP contribution in [0.15, 0.2) is 65.0 Å². The van der Waals surface area contributed by atoms with E-state index in [1.807, 2.05) is 37.3 Å². The maximum atomic E-state index is 14.0. The number of hydrogen-bond acceptors (Lipinski definition) is 5. The number of nitrogens with zero attached hydrogens (tertiary/aromatic N) is 1. The molecule has 0 saturated carbocycles. The zero-order chi connectivity index (χ0) is 30.4. The van der Waals surface area contributed by atoms with Crippen molar-refractivity contribution in [1.29, 1.82) is 0 Å². The van der Waals surface area contributed by atoms with Crippen LogP contribution in [-0.4, -0.2) is 35.5 Å². The monoisotopic (exact) mass is 588 g/mol. The summed E-state index contributed by atoms with van der Waals surface area (Å²) in [6, 6.07) is 12.9. The number of halogens is 1. The van der Waals surface area contributed by atoms with Crippen LogP contribution in [-0.2, 0) is 14.4 Å². The predicted octanol–water partition coefficient (Wildman–Crippen LogP) is 7.76. The topological polar surface area (TPSA) is 75.7 Å². The first-order valence-electron chi connectivity index (χ1n) is 14.9. The van der Waals surface area contributed by atoms with Crippen LogP contribution in [0, 0.1) is 17.8 Å². The summed E-state index contributed by atoms with van der Waals surface area (Å²) in [5.41, 5.74) is 5.42. The Labute approximate surface area is 254 Å². The maximum absolute atomic E-state index is 14.0. The second-order valence-electron chi connectivity index (χ2n) is 13.5. The predicted molar refractivity (Wildman–Crippen MR) is 167 cm³/mol. The van der Waals surface area contributed by atoms with Crippen molar-refractivity contribution in [3.05, 3.63) is 81.2 Å². The molecule has 0 radical (unpaired) electrons. The van der Waals surface area contributed by atoms with Gasteiger partial charge in [-0.25, -0.2) is 0 Å². The first-order valence-corrected chi connectivity index (χ1v) is 15.3. The number of carbonyl (C=O) groups excluding carboxylic acids is 3. The Morgan fingerprint density at radius 1 is 0.952 bits per heavy atom. The normalized spacial score (nSPS) is 19.9. The molecule has 0 atom stereocenters. The van der Waals surface area contributed by atoms with Crippen molar-refractivity contribution in [2.75, 3.05) is 18.5 Å². The molecule has 3 aliphatic rings. The molecule has 1 heterocycles. The van der Waals surface area contributed by atoms with Crippen molar-refractivity contribution in [2.24, 2.45) is 10.8 Å². The second kappa shape index (κ2) is 11.4. The van der Waals surface area contributed by atoms with Crippen LogP contribution in [0.2, 0.25) is 5.02 Å². The molecule has 1 amide bonds. The number of hydrogen-bond donors (Lipinski definition) is 1. The summed E-state index contributed by atoms with van der Waals surface area (Å²) in [6.45, 7) is 13.1. The number of benzene rings is 2. The number of para-hydroxylation sites is 1. The van der Waals surface area contributed by atoms with Gasteiger partial charge in [-0.1, -0.05) is 70.5 Å². The minimum Gasteiger partial charge on any atom is -0.483 e. The number of Topliss-reactive ketones (excluding diaryl/α,β-unsaturated/α-hetero) is 2. The fraction of sp³-hybridized carbons (Fsp3) is 0.457. The van der Waals surface area contributed by atoms with Gasteiger partial charge in [-0.2, -0.15) is 0 Å². The van der Waals surface area contributed by atoms with Gasteiger partial charge in [0.05, 0.1) is 0 Å². The zero-order valence-electron chi connectivity index (χ0n) is 25.5. The van der Waals surface area contributed by atoms with E-state index in [2.05, 4.69) is 44.8 Å². The number of ketones is 2. The van der Waals surface area contributed by atoms with Gasteiger partial charge >= 0.3 is 0 Å². The van der Waals surface area contributed by atoms with Gasteiger partial charge in [0.2, 0.25) is 0 Å². The molecule has 0 fully saturated rings. The van der Waals surface area contributed by atoms with Crippen LogP contribution < -0.4 is 10.1 Å². The average Bonchev–Trinajstić information content (AvgIpc) is 2.89. The molecule has 0 spiro atoms. The Morgan fingerprint density at radius 2 is 1.55 bits per heavy atom. The van der Waals surface area contributed by atoms with E-state index in [1.54, 1.807) is 12.1 Å². The lowest BCUT2D eigenvalue weighted by molar-refractivity contribution is -0.120. The van der Waals surface area contributed by atoms with Crippen molar-refractivity contribution in [1.82, 2.24) is 4.90 Å². The van der Waals surface area contributed by atoms with Gasteiger partial charge in [-0.15, -0.1) is 0 Å². The van der Waals surface area contributed by atoms with E-state index in [1.165, 1.54) is 0 Å². The summed E-state index contributed by atoms with van der Waals surface area (Å²) in [6.07, 6.45) is 3.29. The summed E-state index contributed by atoms with van der Waals surface area (Å²) in [7, 11) is 0. The van der Waals surface area contributed by atoms with Gasteiger partial charge in [0.15, 0.2) is 18.2 Å². The van der Waals surface area contributed by atoms with Gasteiger partial charge in [0, 0.05) is 64.1 Å². The zero-order valence-corrected chi connectivity index (χ0v) is 26.3. The Balaban J connectivity index is 1.55. The minimum atomic E-state index is -0.523. The number of allylic oxidation sites excluding steroid dienone is 4. The largest absolute Gasteiger partial charge is 0.483 e. The van der Waals surface area contributed by atoms with Gasteiger partial charge in [-0.05, 0) is 60.8 Å². The van der Waals surface area contributed by atoms with Gasteiger partial charge in [-0.3, -0.25) is 14.4 Å². The number of rotatable bonds is 7. The average molecular weight is 589 g/mol.